The lowest BCUT2D eigenvalue weighted by Crippen LogP contribution is -2.38. The van der Waals surface area contributed by atoms with Gasteiger partial charge < -0.3 is 4.74 Å². The number of esters is 1. The second-order valence-electron chi connectivity index (χ2n) is 9.37. The summed E-state index contributed by atoms with van der Waals surface area (Å²) < 4.78 is 5.71. The SMILES string of the molecule is C[C@H](c1ccccc1)N(Cc1ccccc1)[C@H](/C=C/c1ccccc1)CC(=O)OC(C)(C)C. The van der Waals surface area contributed by atoms with E-state index in [9.17, 15) is 4.79 Å². The lowest BCUT2D eigenvalue weighted by molar-refractivity contribution is -0.156. The van der Waals surface area contributed by atoms with Crippen molar-refractivity contribution >= 4 is 12.0 Å². The summed E-state index contributed by atoms with van der Waals surface area (Å²) in [7, 11) is 0. The van der Waals surface area contributed by atoms with Gasteiger partial charge in [-0.15, -0.1) is 0 Å². The van der Waals surface area contributed by atoms with E-state index in [-0.39, 0.29) is 24.5 Å². The van der Waals surface area contributed by atoms with Crippen LogP contribution >= 0.6 is 0 Å². The van der Waals surface area contributed by atoms with Crippen LogP contribution in [0.15, 0.2) is 97.1 Å². The van der Waals surface area contributed by atoms with Gasteiger partial charge >= 0.3 is 5.97 Å². The number of benzene rings is 3. The van der Waals surface area contributed by atoms with Crippen LogP contribution in [0, 0.1) is 0 Å². The second-order valence-corrected chi connectivity index (χ2v) is 9.37. The molecule has 3 aromatic rings. The van der Waals surface area contributed by atoms with Crippen molar-refractivity contribution in [3.8, 4) is 0 Å². The third-order valence-corrected chi connectivity index (χ3v) is 5.52. The molecule has 0 fully saturated rings. The van der Waals surface area contributed by atoms with Gasteiger partial charge in [-0.2, -0.15) is 0 Å². The first-order valence-electron chi connectivity index (χ1n) is 11.6. The van der Waals surface area contributed by atoms with E-state index in [0.717, 1.165) is 12.1 Å². The molecule has 0 aliphatic rings. The van der Waals surface area contributed by atoms with Gasteiger partial charge in [0.25, 0.3) is 0 Å². The molecule has 3 rings (SSSR count). The quantitative estimate of drug-likeness (QED) is 0.333. The number of hydrogen-bond donors (Lipinski definition) is 0. The van der Waals surface area contributed by atoms with Crippen LogP contribution in [0.3, 0.4) is 0 Å². The minimum absolute atomic E-state index is 0.110. The molecule has 0 aromatic heterocycles. The highest BCUT2D eigenvalue weighted by Crippen LogP contribution is 2.28. The summed E-state index contributed by atoms with van der Waals surface area (Å²) in [6.07, 6.45) is 4.52. The minimum atomic E-state index is -0.514. The Kier molecular flexibility index (Phi) is 8.62. The van der Waals surface area contributed by atoms with Crippen molar-refractivity contribution in [2.75, 3.05) is 0 Å². The third-order valence-electron chi connectivity index (χ3n) is 5.52. The van der Waals surface area contributed by atoms with Crippen LogP contribution < -0.4 is 0 Å². The standard InChI is InChI=1S/C30H35NO2/c1-24(27-18-12-7-13-19-27)31(23-26-16-10-6-11-17-26)28(22-29(32)33-30(2,3)4)21-20-25-14-8-5-9-15-25/h5-21,24,28H,22-23H2,1-4H3/b21-20+/t24-,28-/m1/s1. The summed E-state index contributed by atoms with van der Waals surface area (Å²) in [6.45, 7) is 8.66. The van der Waals surface area contributed by atoms with Gasteiger partial charge in [0, 0.05) is 18.6 Å². The van der Waals surface area contributed by atoms with Crippen molar-refractivity contribution in [2.24, 2.45) is 0 Å². The van der Waals surface area contributed by atoms with Crippen LogP contribution in [0.2, 0.25) is 0 Å². The van der Waals surface area contributed by atoms with Gasteiger partial charge in [0.15, 0.2) is 0 Å². The molecular formula is C30H35NO2. The zero-order valence-electron chi connectivity index (χ0n) is 20.1. The molecule has 0 spiro atoms. The topological polar surface area (TPSA) is 29.5 Å². The van der Waals surface area contributed by atoms with Crippen LogP contribution in [0.25, 0.3) is 6.08 Å². The summed E-state index contributed by atoms with van der Waals surface area (Å²) in [4.78, 5) is 15.3. The summed E-state index contributed by atoms with van der Waals surface area (Å²) in [5.74, 6) is -0.191. The van der Waals surface area contributed by atoms with E-state index in [1.807, 2.05) is 51.1 Å². The Morgan fingerprint density at radius 1 is 0.879 bits per heavy atom. The second kappa shape index (κ2) is 11.6. The van der Waals surface area contributed by atoms with Gasteiger partial charge in [-0.1, -0.05) is 103 Å². The maximum atomic E-state index is 12.9. The number of hydrogen-bond acceptors (Lipinski definition) is 3. The van der Waals surface area contributed by atoms with E-state index in [0.29, 0.717) is 0 Å². The van der Waals surface area contributed by atoms with E-state index in [1.165, 1.54) is 11.1 Å². The molecule has 0 bridgehead atoms. The van der Waals surface area contributed by atoms with Crippen LogP contribution in [0.1, 0.15) is 56.8 Å². The molecule has 0 radical (unpaired) electrons. The number of nitrogens with zero attached hydrogens (tertiary/aromatic N) is 1. The van der Waals surface area contributed by atoms with Gasteiger partial charge in [-0.3, -0.25) is 9.69 Å². The molecule has 3 aromatic carbocycles. The lowest BCUT2D eigenvalue weighted by atomic mass is 10.0. The van der Waals surface area contributed by atoms with Crippen molar-refractivity contribution in [3.63, 3.8) is 0 Å². The zero-order valence-corrected chi connectivity index (χ0v) is 20.1. The first-order chi connectivity index (χ1) is 15.8. The smallest absolute Gasteiger partial charge is 0.308 e. The van der Waals surface area contributed by atoms with Crippen LogP contribution in [-0.4, -0.2) is 22.5 Å². The fraction of sp³-hybridized carbons (Fsp3) is 0.300. The number of rotatable bonds is 9. The fourth-order valence-electron chi connectivity index (χ4n) is 3.89. The molecule has 0 heterocycles. The normalized spacial score (nSPS) is 13.7. The summed E-state index contributed by atoms with van der Waals surface area (Å²) in [6, 6.07) is 31.1. The Bertz CT molecular complexity index is 1010. The van der Waals surface area contributed by atoms with E-state index in [4.69, 9.17) is 4.74 Å². The van der Waals surface area contributed by atoms with Crippen molar-refractivity contribution in [1.82, 2.24) is 4.90 Å². The molecule has 0 unspecified atom stereocenters. The Morgan fingerprint density at radius 2 is 1.42 bits per heavy atom. The van der Waals surface area contributed by atoms with Crippen LogP contribution in [0.5, 0.6) is 0 Å². The first-order valence-corrected chi connectivity index (χ1v) is 11.6. The minimum Gasteiger partial charge on any atom is -0.460 e. The Labute approximate surface area is 198 Å². The van der Waals surface area contributed by atoms with Crippen molar-refractivity contribution in [2.45, 2.75) is 58.3 Å². The predicted molar refractivity (Wildman–Crippen MR) is 137 cm³/mol. The molecule has 33 heavy (non-hydrogen) atoms. The molecular weight excluding hydrogens is 406 g/mol. The predicted octanol–water partition coefficient (Wildman–Crippen LogP) is 7.06. The summed E-state index contributed by atoms with van der Waals surface area (Å²) in [5.41, 5.74) is 3.03. The molecule has 172 valence electrons. The Morgan fingerprint density at radius 3 is 2.00 bits per heavy atom. The molecule has 0 aliphatic carbocycles. The number of ether oxygens (including phenoxy) is 1. The van der Waals surface area contributed by atoms with E-state index < -0.39 is 5.60 Å². The average molecular weight is 442 g/mol. The van der Waals surface area contributed by atoms with Crippen molar-refractivity contribution < 1.29 is 9.53 Å². The fourth-order valence-corrected chi connectivity index (χ4v) is 3.89. The molecule has 0 N–H and O–H groups in total. The highest BCUT2D eigenvalue weighted by molar-refractivity contribution is 5.71. The molecule has 0 aliphatic heterocycles. The van der Waals surface area contributed by atoms with Gasteiger partial charge in [0.2, 0.25) is 0 Å². The average Bonchev–Trinajstić information content (AvgIpc) is 2.80. The van der Waals surface area contributed by atoms with E-state index in [2.05, 4.69) is 84.6 Å². The lowest BCUT2D eigenvalue weighted by Gasteiger charge is -2.35. The molecule has 0 saturated heterocycles. The van der Waals surface area contributed by atoms with Gasteiger partial charge in [-0.05, 0) is 44.4 Å². The maximum Gasteiger partial charge on any atom is 0.308 e. The monoisotopic (exact) mass is 441 g/mol. The Balaban J connectivity index is 1.96. The number of carbonyl (C=O) groups is 1. The molecule has 0 saturated carbocycles. The highest BCUT2D eigenvalue weighted by atomic mass is 16.6. The van der Waals surface area contributed by atoms with E-state index >= 15 is 0 Å². The largest absolute Gasteiger partial charge is 0.460 e. The molecule has 2 atom stereocenters. The van der Waals surface area contributed by atoms with Gasteiger partial charge in [-0.25, -0.2) is 0 Å². The molecule has 3 heteroatoms. The van der Waals surface area contributed by atoms with Crippen molar-refractivity contribution in [3.05, 3.63) is 114 Å². The van der Waals surface area contributed by atoms with Gasteiger partial charge in [0.05, 0.1) is 6.42 Å². The third kappa shape index (κ3) is 8.03. The highest BCUT2D eigenvalue weighted by Gasteiger charge is 2.27. The first kappa shape index (κ1) is 24.5. The van der Waals surface area contributed by atoms with Crippen LogP contribution in [0.4, 0.5) is 0 Å². The molecule has 3 nitrogen and oxygen atoms in total. The van der Waals surface area contributed by atoms with E-state index in [1.54, 1.807) is 0 Å². The van der Waals surface area contributed by atoms with Gasteiger partial charge in [0.1, 0.15) is 5.60 Å². The van der Waals surface area contributed by atoms with Crippen LogP contribution in [-0.2, 0) is 16.1 Å². The summed E-state index contributed by atoms with van der Waals surface area (Å²) in [5, 5.41) is 0. The summed E-state index contributed by atoms with van der Waals surface area (Å²) >= 11 is 0. The zero-order chi connectivity index (χ0) is 23.7. The Hall–Kier alpha value is -3.17. The maximum absolute atomic E-state index is 12.9. The number of carbonyl (C=O) groups excluding carboxylic acids is 1. The molecule has 0 amide bonds. The van der Waals surface area contributed by atoms with Crippen molar-refractivity contribution in [1.29, 1.82) is 0 Å².